The van der Waals surface area contributed by atoms with Gasteiger partial charge < -0.3 is 0 Å². The third-order valence-corrected chi connectivity index (χ3v) is 12.9. The van der Waals surface area contributed by atoms with E-state index in [1.165, 1.54) is 68.9 Å². The SMILES string of the molecule is CCCCCCCCCCc1cc[n+](Cc2ccccc2)cc1.FC(F)(F)c1cc([B-](c2cc(C(F)(F)F)cc(C(F)(F)F)c2)(c2cc(C(F)(F)F)cc(C(F)(F)F)c2)c2cc(C(F)(F)F)cc(C(F)(F)F)c2)cc(C(F)(F)F)c1. The zero-order valence-electron chi connectivity index (χ0n) is 41.3. The summed E-state index contributed by atoms with van der Waals surface area (Å²) in [6.07, 6.45) is -38.0. The topological polar surface area (TPSA) is 3.88 Å². The molecule has 0 aliphatic heterocycles. The van der Waals surface area contributed by atoms with E-state index in [1.807, 2.05) is 0 Å². The highest BCUT2D eigenvalue weighted by Gasteiger charge is 2.47. The van der Waals surface area contributed by atoms with E-state index in [0.717, 1.165) is 6.54 Å². The van der Waals surface area contributed by atoms with Gasteiger partial charge in [0, 0.05) is 17.7 Å². The lowest BCUT2D eigenvalue weighted by Crippen LogP contribution is -2.75. The average Bonchev–Trinajstić information content (AvgIpc) is 3.33. The monoisotopic (exact) mass is 1170 g/mol. The van der Waals surface area contributed by atoms with Crippen LogP contribution in [0.5, 0.6) is 0 Å². The molecule has 0 N–H and O–H groups in total. The number of pyridine rings is 1. The first-order valence-corrected chi connectivity index (χ1v) is 24.0. The largest absolute Gasteiger partial charge is 0.416 e. The molecule has 0 radical (unpaired) electrons. The Balaban J connectivity index is 0.000000424. The molecule has 6 aromatic rings. The predicted molar refractivity (Wildman–Crippen MR) is 249 cm³/mol. The second kappa shape index (κ2) is 24.4. The van der Waals surface area contributed by atoms with E-state index >= 15 is 0 Å². The van der Waals surface area contributed by atoms with Crippen LogP contribution in [0.1, 0.15) is 114 Å². The number of nitrogens with zero attached hydrogens (tertiary/aromatic N) is 1. The van der Waals surface area contributed by atoms with Gasteiger partial charge in [-0.3, -0.25) is 0 Å². The number of aryl methyl sites for hydroxylation is 1. The van der Waals surface area contributed by atoms with Gasteiger partial charge in [-0.05, 0) is 42.7 Å². The lowest BCUT2D eigenvalue weighted by Gasteiger charge is -2.46. The van der Waals surface area contributed by atoms with Crippen LogP contribution in [0.25, 0.3) is 0 Å². The number of rotatable bonds is 15. The van der Waals surface area contributed by atoms with Crippen LogP contribution < -0.4 is 26.4 Å². The fourth-order valence-electron chi connectivity index (χ4n) is 9.09. The van der Waals surface area contributed by atoms with Gasteiger partial charge in [-0.15, -0.1) is 0 Å². The normalized spacial score (nSPS) is 13.3. The molecule has 0 unspecified atom stereocenters. The van der Waals surface area contributed by atoms with Crippen LogP contribution in [0, 0.1) is 0 Å². The van der Waals surface area contributed by atoms with Crippen molar-refractivity contribution in [2.75, 3.05) is 0 Å². The molecule has 0 amide bonds. The molecule has 5 aromatic carbocycles. The summed E-state index contributed by atoms with van der Waals surface area (Å²) >= 11 is 0. The summed E-state index contributed by atoms with van der Waals surface area (Å²) in [5, 5.41) is 0. The van der Waals surface area contributed by atoms with E-state index in [-0.39, 0.29) is 0 Å². The third-order valence-electron chi connectivity index (χ3n) is 12.9. The molecule has 1 nitrogen and oxygen atoms in total. The summed E-state index contributed by atoms with van der Waals surface area (Å²) in [5.74, 6) is 0. The van der Waals surface area contributed by atoms with Gasteiger partial charge in [-0.2, -0.15) is 127 Å². The van der Waals surface area contributed by atoms with Crippen molar-refractivity contribution in [2.24, 2.45) is 0 Å². The minimum absolute atomic E-state index is 0.691. The molecular weight excluding hydrogens is 1130 g/mol. The van der Waals surface area contributed by atoms with E-state index in [4.69, 9.17) is 0 Å². The van der Waals surface area contributed by atoms with E-state index in [2.05, 4.69) is 66.3 Å². The Labute approximate surface area is 441 Å². The molecule has 0 aliphatic carbocycles. The molecule has 26 heteroatoms. The summed E-state index contributed by atoms with van der Waals surface area (Å²) in [5.41, 5.74) is -27.4. The average molecular weight is 1170 g/mol. The van der Waals surface area contributed by atoms with Crippen LogP contribution in [0.4, 0.5) is 105 Å². The quantitative estimate of drug-likeness (QED) is 0.0418. The smallest absolute Gasteiger partial charge is 0.201 e. The zero-order chi connectivity index (χ0) is 60.1. The molecule has 0 aliphatic rings. The molecule has 1 heterocycles. The Morgan fingerprint density at radius 1 is 0.300 bits per heavy atom. The highest BCUT2D eigenvalue weighted by atomic mass is 19.4. The molecule has 80 heavy (non-hydrogen) atoms. The molecule has 436 valence electrons. The van der Waals surface area contributed by atoms with E-state index in [1.54, 1.807) is 0 Å². The lowest BCUT2D eigenvalue weighted by molar-refractivity contribution is -0.688. The predicted octanol–water partition coefficient (Wildman–Crippen LogP) is 16.9. The maximum Gasteiger partial charge on any atom is 0.416 e. The highest BCUT2D eigenvalue weighted by Crippen LogP contribution is 2.41. The summed E-state index contributed by atoms with van der Waals surface area (Å²) in [7, 11) is 0. The maximum atomic E-state index is 14.2. The van der Waals surface area contributed by atoms with E-state index in [0.29, 0.717) is 0 Å². The first-order chi connectivity index (χ1) is 36.6. The van der Waals surface area contributed by atoms with Crippen molar-refractivity contribution in [3.63, 3.8) is 0 Å². The van der Waals surface area contributed by atoms with Crippen LogP contribution >= 0.6 is 0 Å². The summed E-state index contributed by atoms with van der Waals surface area (Å²) in [6, 6.07) is 6.40. The molecule has 0 saturated carbocycles. The Hall–Kier alpha value is -6.37. The minimum Gasteiger partial charge on any atom is -0.201 e. The molecule has 0 bridgehead atoms. The summed E-state index contributed by atoms with van der Waals surface area (Å²) in [4.78, 5) is 0. The number of halogens is 24. The van der Waals surface area contributed by atoms with Crippen molar-refractivity contribution in [2.45, 2.75) is 121 Å². The van der Waals surface area contributed by atoms with E-state index in [9.17, 15) is 105 Å². The molecule has 6 rings (SSSR count). The second-order valence-corrected chi connectivity index (χ2v) is 18.8. The molecule has 0 fully saturated rings. The number of hydrogen-bond acceptors (Lipinski definition) is 0. The zero-order valence-corrected chi connectivity index (χ0v) is 41.3. The van der Waals surface area contributed by atoms with Crippen LogP contribution in [-0.4, -0.2) is 6.15 Å². The first-order valence-electron chi connectivity index (χ1n) is 24.0. The highest BCUT2D eigenvalue weighted by molar-refractivity contribution is 7.20. The van der Waals surface area contributed by atoms with Gasteiger partial charge >= 0.3 is 49.4 Å². The van der Waals surface area contributed by atoms with Crippen molar-refractivity contribution in [3.05, 3.63) is 183 Å². The Morgan fingerprint density at radius 3 is 0.800 bits per heavy atom. The fourth-order valence-corrected chi connectivity index (χ4v) is 9.09. The van der Waals surface area contributed by atoms with Crippen LogP contribution in [-0.2, 0) is 62.4 Å². The number of unbranched alkanes of at least 4 members (excludes halogenated alkanes) is 7. The molecule has 1 aromatic heterocycles. The summed E-state index contributed by atoms with van der Waals surface area (Å²) in [6.45, 7) is 3.24. The van der Waals surface area contributed by atoms with Gasteiger partial charge in [-0.25, -0.2) is 4.57 Å². The van der Waals surface area contributed by atoms with Crippen molar-refractivity contribution in [3.8, 4) is 0 Å². The van der Waals surface area contributed by atoms with Crippen LogP contribution in [0.3, 0.4) is 0 Å². The van der Waals surface area contributed by atoms with Gasteiger partial charge in [0.25, 0.3) is 0 Å². The Morgan fingerprint density at radius 2 is 0.550 bits per heavy atom. The van der Waals surface area contributed by atoms with Crippen molar-refractivity contribution in [1.82, 2.24) is 0 Å². The Kier molecular flexibility index (Phi) is 19.6. The standard InChI is InChI=1S/C32H12BF24.C22H32N/c34-25(35,36)13-1-14(26(37,38)39)6-21(5-13)33(22-7-15(27(40,41)42)2-16(8-22)28(43,44)45,23-9-17(29(46,47)48)3-18(10-23)30(49,50)51)24-11-19(31(52,53)54)4-20(12-24)32(55,56)57;1-2-3-4-5-6-7-8-10-13-21-16-18-23(19-17-21)20-22-14-11-9-12-15-22/h1-12H;9,11-12,14-19H,2-8,10,13,20H2,1H3/q-1;+1. The molecule has 0 saturated heterocycles. The van der Waals surface area contributed by atoms with Crippen molar-refractivity contribution >= 4 is 28.0 Å². The molecule has 0 atom stereocenters. The number of hydrogen-bond donors (Lipinski definition) is 0. The number of aromatic nitrogens is 1. The second-order valence-electron chi connectivity index (χ2n) is 18.8. The van der Waals surface area contributed by atoms with Gasteiger partial charge in [0.15, 0.2) is 18.9 Å². The molecular formula is C54H44BF24N. The lowest BCUT2D eigenvalue weighted by atomic mass is 9.12. The van der Waals surface area contributed by atoms with Crippen molar-refractivity contribution < 1.29 is 110 Å². The Bertz CT molecular complexity index is 2560. The fraction of sp³-hybridized carbons (Fsp3) is 0.352. The van der Waals surface area contributed by atoms with Gasteiger partial charge in [0.2, 0.25) is 0 Å². The number of alkyl halides is 24. The van der Waals surface area contributed by atoms with Gasteiger partial charge in [-0.1, -0.05) is 131 Å². The van der Waals surface area contributed by atoms with Gasteiger partial charge in [0.1, 0.15) is 6.15 Å². The number of benzene rings is 5. The van der Waals surface area contributed by atoms with Crippen LogP contribution in [0.2, 0.25) is 0 Å². The minimum atomic E-state index is -6.13. The maximum absolute atomic E-state index is 14.2. The third kappa shape index (κ3) is 16.9. The first kappa shape index (κ1) is 64.5. The van der Waals surface area contributed by atoms with Gasteiger partial charge in [0.05, 0.1) is 44.5 Å². The summed E-state index contributed by atoms with van der Waals surface area (Å²) < 4.78 is 343. The van der Waals surface area contributed by atoms with E-state index < -0.39 is 195 Å². The molecule has 0 spiro atoms. The van der Waals surface area contributed by atoms with Crippen molar-refractivity contribution in [1.29, 1.82) is 0 Å². The van der Waals surface area contributed by atoms with Crippen LogP contribution in [0.15, 0.2) is 128 Å².